The second-order valence-corrected chi connectivity index (χ2v) is 5.41. The molecule has 0 amide bonds. The van der Waals surface area contributed by atoms with E-state index < -0.39 is 0 Å². The van der Waals surface area contributed by atoms with E-state index in [1.54, 1.807) is 6.07 Å². The first kappa shape index (κ1) is 12.9. The lowest BCUT2D eigenvalue weighted by Crippen LogP contribution is -2.05. The van der Waals surface area contributed by atoms with Crippen molar-refractivity contribution in [2.45, 2.75) is 13.8 Å². The van der Waals surface area contributed by atoms with Gasteiger partial charge in [-0.3, -0.25) is 0 Å². The lowest BCUT2D eigenvalue weighted by molar-refractivity contribution is 0.340. The van der Waals surface area contributed by atoms with Gasteiger partial charge in [-0.25, -0.2) is 4.79 Å². The third-order valence-electron chi connectivity index (χ3n) is 3.22. The normalized spacial score (nSPS) is 10.9. The van der Waals surface area contributed by atoms with Gasteiger partial charge < -0.3 is 9.15 Å². The van der Waals surface area contributed by atoms with Gasteiger partial charge in [0.15, 0.2) is 0 Å². The first-order valence-electron chi connectivity index (χ1n) is 6.45. The SMILES string of the molecule is CCOc1ccc2c(C)c(-c3cccs3)c(=O)oc2c1. The quantitative estimate of drug-likeness (QED) is 0.676. The molecular weight excluding hydrogens is 272 g/mol. The Kier molecular flexibility index (Phi) is 3.32. The minimum absolute atomic E-state index is 0.300. The Bertz CT molecular complexity index is 800. The van der Waals surface area contributed by atoms with Gasteiger partial charge in [0.05, 0.1) is 12.2 Å². The molecule has 2 heterocycles. The topological polar surface area (TPSA) is 39.4 Å². The Balaban J connectivity index is 2.26. The maximum absolute atomic E-state index is 12.2. The van der Waals surface area contributed by atoms with Crippen molar-refractivity contribution >= 4 is 22.3 Å². The van der Waals surface area contributed by atoms with Crippen LogP contribution < -0.4 is 10.4 Å². The number of hydrogen-bond donors (Lipinski definition) is 0. The van der Waals surface area contributed by atoms with Gasteiger partial charge in [0, 0.05) is 16.3 Å². The van der Waals surface area contributed by atoms with Crippen molar-refractivity contribution in [2.75, 3.05) is 6.61 Å². The molecule has 0 atom stereocenters. The van der Waals surface area contributed by atoms with Gasteiger partial charge in [0.2, 0.25) is 0 Å². The lowest BCUT2D eigenvalue weighted by Gasteiger charge is -2.08. The van der Waals surface area contributed by atoms with Crippen molar-refractivity contribution in [1.29, 1.82) is 0 Å². The zero-order valence-electron chi connectivity index (χ0n) is 11.3. The highest BCUT2D eigenvalue weighted by molar-refractivity contribution is 7.13. The second kappa shape index (κ2) is 5.13. The molecule has 102 valence electrons. The maximum atomic E-state index is 12.2. The van der Waals surface area contributed by atoms with E-state index in [4.69, 9.17) is 9.15 Å². The Morgan fingerprint density at radius 3 is 2.85 bits per heavy atom. The van der Waals surface area contributed by atoms with E-state index in [0.29, 0.717) is 23.5 Å². The minimum Gasteiger partial charge on any atom is -0.494 e. The summed E-state index contributed by atoms with van der Waals surface area (Å²) in [7, 11) is 0. The van der Waals surface area contributed by atoms with Gasteiger partial charge in [-0.15, -0.1) is 11.3 Å². The zero-order chi connectivity index (χ0) is 14.1. The Hall–Kier alpha value is -2.07. The molecule has 1 aromatic carbocycles. The Morgan fingerprint density at radius 2 is 2.15 bits per heavy atom. The third-order valence-corrected chi connectivity index (χ3v) is 4.10. The molecule has 0 aliphatic heterocycles. The van der Waals surface area contributed by atoms with Gasteiger partial charge in [-0.05, 0) is 43.0 Å². The van der Waals surface area contributed by atoms with Crippen molar-refractivity contribution in [3.8, 4) is 16.2 Å². The molecule has 0 aliphatic carbocycles. The minimum atomic E-state index is -0.300. The summed E-state index contributed by atoms with van der Waals surface area (Å²) in [6.45, 7) is 4.46. The van der Waals surface area contributed by atoms with Crippen LogP contribution in [0.25, 0.3) is 21.4 Å². The molecule has 4 heteroatoms. The molecule has 0 N–H and O–H groups in total. The predicted octanol–water partition coefficient (Wildman–Crippen LogP) is 4.23. The van der Waals surface area contributed by atoms with Crippen LogP contribution in [-0.2, 0) is 0 Å². The van der Waals surface area contributed by atoms with Crippen LogP contribution >= 0.6 is 11.3 Å². The van der Waals surface area contributed by atoms with Crippen LogP contribution in [0.3, 0.4) is 0 Å². The molecule has 0 aliphatic rings. The lowest BCUT2D eigenvalue weighted by atomic mass is 10.0. The number of aryl methyl sites for hydroxylation is 1. The number of rotatable bonds is 3. The molecule has 20 heavy (non-hydrogen) atoms. The van der Waals surface area contributed by atoms with E-state index in [1.807, 2.05) is 43.5 Å². The summed E-state index contributed by atoms with van der Waals surface area (Å²) in [6.07, 6.45) is 0. The van der Waals surface area contributed by atoms with Crippen molar-refractivity contribution in [2.24, 2.45) is 0 Å². The standard InChI is InChI=1S/C16H14O3S/c1-3-18-11-6-7-12-10(2)15(14-5-4-8-20-14)16(17)19-13(12)9-11/h4-9H,3H2,1-2H3. The molecule has 0 saturated heterocycles. The number of ether oxygens (including phenoxy) is 1. The highest BCUT2D eigenvalue weighted by Gasteiger charge is 2.14. The van der Waals surface area contributed by atoms with Crippen LogP contribution in [0.4, 0.5) is 0 Å². The maximum Gasteiger partial charge on any atom is 0.345 e. The fourth-order valence-electron chi connectivity index (χ4n) is 2.30. The van der Waals surface area contributed by atoms with E-state index in [2.05, 4.69) is 0 Å². The predicted molar refractivity (Wildman–Crippen MR) is 81.7 cm³/mol. The molecule has 0 spiro atoms. The average Bonchev–Trinajstić information content (AvgIpc) is 2.92. The highest BCUT2D eigenvalue weighted by Crippen LogP contribution is 2.30. The number of benzene rings is 1. The van der Waals surface area contributed by atoms with Gasteiger partial charge in [0.25, 0.3) is 0 Å². The van der Waals surface area contributed by atoms with Gasteiger partial charge in [-0.1, -0.05) is 6.07 Å². The molecule has 0 bridgehead atoms. The molecule has 2 aromatic heterocycles. The van der Waals surface area contributed by atoms with E-state index in [9.17, 15) is 4.79 Å². The summed E-state index contributed by atoms with van der Waals surface area (Å²) in [5, 5.41) is 2.90. The van der Waals surface area contributed by atoms with Crippen molar-refractivity contribution in [3.63, 3.8) is 0 Å². The molecule has 3 rings (SSSR count). The van der Waals surface area contributed by atoms with Gasteiger partial charge in [0.1, 0.15) is 11.3 Å². The van der Waals surface area contributed by atoms with E-state index in [1.165, 1.54) is 11.3 Å². The molecule has 0 fully saturated rings. The average molecular weight is 286 g/mol. The van der Waals surface area contributed by atoms with Crippen LogP contribution in [0.2, 0.25) is 0 Å². The summed E-state index contributed by atoms with van der Waals surface area (Å²) in [5.41, 5.74) is 1.86. The van der Waals surface area contributed by atoms with Crippen LogP contribution in [0.15, 0.2) is 44.9 Å². The highest BCUT2D eigenvalue weighted by atomic mass is 32.1. The zero-order valence-corrected chi connectivity index (χ0v) is 12.1. The van der Waals surface area contributed by atoms with Crippen molar-refractivity contribution < 1.29 is 9.15 Å². The van der Waals surface area contributed by atoms with Crippen molar-refractivity contribution in [1.82, 2.24) is 0 Å². The molecule has 3 nitrogen and oxygen atoms in total. The van der Waals surface area contributed by atoms with Gasteiger partial charge in [-0.2, -0.15) is 0 Å². The van der Waals surface area contributed by atoms with E-state index in [0.717, 1.165) is 15.8 Å². The van der Waals surface area contributed by atoms with Gasteiger partial charge >= 0.3 is 5.63 Å². The summed E-state index contributed by atoms with van der Waals surface area (Å²) < 4.78 is 10.9. The smallest absolute Gasteiger partial charge is 0.345 e. The van der Waals surface area contributed by atoms with E-state index >= 15 is 0 Å². The monoisotopic (exact) mass is 286 g/mol. The van der Waals surface area contributed by atoms with Crippen LogP contribution in [0.1, 0.15) is 12.5 Å². The first-order chi connectivity index (χ1) is 9.70. The third kappa shape index (κ3) is 2.12. The fraction of sp³-hybridized carbons (Fsp3) is 0.188. The molecule has 0 unspecified atom stereocenters. The molecule has 3 aromatic rings. The number of thiophene rings is 1. The summed E-state index contributed by atoms with van der Waals surface area (Å²) in [5.74, 6) is 0.714. The van der Waals surface area contributed by atoms with Crippen LogP contribution in [-0.4, -0.2) is 6.61 Å². The molecule has 0 radical (unpaired) electrons. The molecule has 0 saturated carbocycles. The van der Waals surface area contributed by atoms with Crippen LogP contribution in [0.5, 0.6) is 5.75 Å². The summed E-state index contributed by atoms with van der Waals surface area (Å²) >= 11 is 1.54. The Morgan fingerprint density at radius 1 is 1.30 bits per heavy atom. The first-order valence-corrected chi connectivity index (χ1v) is 7.33. The van der Waals surface area contributed by atoms with Crippen LogP contribution in [0, 0.1) is 6.92 Å². The van der Waals surface area contributed by atoms with Crippen molar-refractivity contribution in [3.05, 3.63) is 51.7 Å². The number of hydrogen-bond acceptors (Lipinski definition) is 4. The Labute approximate surface area is 120 Å². The largest absolute Gasteiger partial charge is 0.494 e. The summed E-state index contributed by atoms with van der Waals surface area (Å²) in [4.78, 5) is 13.2. The summed E-state index contributed by atoms with van der Waals surface area (Å²) in [6, 6.07) is 9.48. The second-order valence-electron chi connectivity index (χ2n) is 4.46. The molecular formula is C16H14O3S. The fourth-order valence-corrected chi connectivity index (χ4v) is 3.11. The number of fused-ring (bicyclic) bond motifs is 1. The van der Waals surface area contributed by atoms with E-state index in [-0.39, 0.29) is 5.63 Å².